The lowest BCUT2D eigenvalue weighted by atomic mass is 10.0. The minimum atomic E-state index is -3.50. The van der Waals surface area contributed by atoms with Crippen LogP contribution in [-0.4, -0.2) is 43.4 Å². The first-order valence-electron chi connectivity index (χ1n) is 9.24. The third-order valence-corrected chi connectivity index (χ3v) is 6.42. The Morgan fingerprint density at radius 3 is 2.46 bits per heavy atom. The number of rotatable bonds is 5. The molecule has 0 aromatic heterocycles. The molecule has 1 fully saturated rings. The largest absolute Gasteiger partial charge is 0.338 e. The molecule has 146 valence electrons. The summed E-state index contributed by atoms with van der Waals surface area (Å²) in [4.78, 5) is 12.2. The summed E-state index contributed by atoms with van der Waals surface area (Å²) in [6.07, 6.45) is 3.33. The van der Waals surface area contributed by atoms with E-state index in [0.29, 0.717) is 24.4 Å². The Bertz CT molecular complexity index is 709. The number of amides is 2. The molecule has 26 heavy (non-hydrogen) atoms. The van der Waals surface area contributed by atoms with Crippen LogP contribution in [0.4, 0.5) is 4.79 Å². The first kappa shape index (κ1) is 20.7. The quantitative estimate of drug-likeness (QED) is 0.823. The number of sulfonamides is 1. The minimum Gasteiger partial charge on any atom is -0.338 e. The van der Waals surface area contributed by atoms with Crippen molar-refractivity contribution in [1.29, 1.82) is 0 Å². The molecule has 0 spiro atoms. The zero-order valence-corrected chi connectivity index (χ0v) is 17.0. The van der Waals surface area contributed by atoms with Crippen LogP contribution in [0.25, 0.3) is 0 Å². The predicted molar refractivity (Wildman–Crippen MR) is 104 cm³/mol. The molecule has 1 aliphatic rings. The van der Waals surface area contributed by atoms with Gasteiger partial charge in [0.05, 0.1) is 4.90 Å². The Labute approximate surface area is 157 Å². The second-order valence-corrected chi connectivity index (χ2v) is 9.89. The number of nitrogens with zero attached hydrogens (tertiary/aromatic N) is 1. The molecule has 1 unspecified atom stereocenters. The van der Waals surface area contributed by atoms with Gasteiger partial charge in [0.15, 0.2) is 0 Å². The Morgan fingerprint density at radius 1 is 1.19 bits per heavy atom. The maximum Gasteiger partial charge on any atom is 0.315 e. The van der Waals surface area contributed by atoms with Crippen LogP contribution in [-0.2, 0) is 10.0 Å². The van der Waals surface area contributed by atoms with Crippen LogP contribution in [0, 0.1) is 6.92 Å². The van der Waals surface area contributed by atoms with Gasteiger partial charge in [-0.15, -0.1) is 0 Å². The lowest BCUT2D eigenvalue weighted by Crippen LogP contribution is -2.48. The molecular formula is C19H31N3O3S. The maximum atomic E-state index is 13.0. The van der Waals surface area contributed by atoms with Crippen molar-refractivity contribution < 1.29 is 13.2 Å². The highest BCUT2D eigenvalue weighted by molar-refractivity contribution is 7.89. The molecule has 7 heteroatoms. The number of hydrogen-bond acceptors (Lipinski definition) is 3. The predicted octanol–water partition coefficient (Wildman–Crippen LogP) is 3.03. The van der Waals surface area contributed by atoms with Crippen LogP contribution in [0.1, 0.15) is 52.0 Å². The molecule has 1 aliphatic heterocycles. The molecule has 1 saturated heterocycles. The lowest BCUT2D eigenvalue weighted by Gasteiger charge is -2.35. The summed E-state index contributed by atoms with van der Waals surface area (Å²) in [5, 5.41) is 5.68. The molecule has 0 saturated carbocycles. The van der Waals surface area contributed by atoms with Gasteiger partial charge in [-0.1, -0.05) is 24.1 Å². The fourth-order valence-corrected chi connectivity index (χ4v) is 4.89. The standard InChI is InChI=1S/C19H31N3O3S/c1-15-8-10-17(11-9-15)26(24,25)22-14-6-5-7-16(22)12-13-20-18(23)21-19(2,3)4/h8-11,16H,5-7,12-14H2,1-4H3,(H2,20,21,23). The number of nitrogens with one attached hydrogen (secondary N) is 2. The second-order valence-electron chi connectivity index (χ2n) is 8.00. The van der Waals surface area contributed by atoms with Crippen molar-refractivity contribution in [3.8, 4) is 0 Å². The van der Waals surface area contributed by atoms with E-state index in [1.807, 2.05) is 39.8 Å². The van der Waals surface area contributed by atoms with Crippen LogP contribution in [0.5, 0.6) is 0 Å². The molecule has 1 heterocycles. The van der Waals surface area contributed by atoms with Gasteiger partial charge in [-0.2, -0.15) is 4.31 Å². The van der Waals surface area contributed by atoms with Crippen molar-refractivity contribution in [2.75, 3.05) is 13.1 Å². The lowest BCUT2D eigenvalue weighted by molar-refractivity contribution is 0.223. The molecule has 0 bridgehead atoms. The van der Waals surface area contributed by atoms with E-state index in [0.717, 1.165) is 24.8 Å². The molecule has 6 nitrogen and oxygen atoms in total. The molecule has 1 aromatic carbocycles. The third kappa shape index (κ3) is 5.71. The van der Waals surface area contributed by atoms with E-state index in [9.17, 15) is 13.2 Å². The summed E-state index contributed by atoms with van der Waals surface area (Å²) >= 11 is 0. The molecule has 0 radical (unpaired) electrons. The average Bonchev–Trinajstić information content (AvgIpc) is 2.54. The van der Waals surface area contributed by atoms with Gasteiger partial charge in [0.25, 0.3) is 0 Å². The van der Waals surface area contributed by atoms with E-state index in [1.54, 1.807) is 16.4 Å². The SMILES string of the molecule is Cc1ccc(S(=O)(=O)N2CCCCC2CCNC(=O)NC(C)(C)C)cc1. The number of hydrogen-bond donors (Lipinski definition) is 2. The van der Waals surface area contributed by atoms with Gasteiger partial charge in [0.2, 0.25) is 10.0 Å². The summed E-state index contributed by atoms with van der Waals surface area (Å²) in [7, 11) is -3.50. The van der Waals surface area contributed by atoms with Crippen molar-refractivity contribution in [3.05, 3.63) is 29.8 Å². The van der Waals surface area contributed by atoms with Crippen molar-refractivity contribution in [3.63, 3.8) is 0 Å². The van der Waals surface area contributed by atoms with Gasteiger partial charge in [0, 0.05) is 24.7 Å². The molecule has 2 rings (SSSR count). The monoisotopic (exact) mass is 381 g/mol. The Kier molecular flexibility index (Phi) is 6.69. The highest BCUT2D eigenvalue weighted by Gasteiger charge is 2.33. The summed E-state index contributed by atoms with van der Waals surface area (Å²) in [6.45, 7) is 8.69. The minimum absolute atomic E-state index is 0.0787. The number of piperidine rings is 1. The number of benzene rings is 1. The first-order chi connectivity index (χ1) is 12.1. The highest BCUT2D eigenvalue weighted by Crippen LogP contribution is 2.27. The topological polar surface area (TPSA) is 78.5 Å². The molecule has 1 aromatic rings. The van der Waals surface area contributed by atoms with Crippen LogP contribution >= 0.6 is 0 Å². The van der Waals surface area contributed by atoms with E-state index in [2.05, 4.69) is 10.6 Å². The van der Waals surface area contributed by atoms with Gasteiger partial charge < -0.3 is 10.6 Å². The summed E-state index contributed by atoms with van der Waals surface area (Å²) < 4.78 is 27.7. The Hall–Kier alpha value is -1.60. The molecule has 2 amide bonds. The number of aryl methyl sites for hydroxylation is 1. The zero-order chi connectivity index (χ0) is 19.4. The van der Waals surface area contributed by atoms with Gasteiger partial charge in [-0.25, -0.2) is 13.2 Å². The van der Waals surface area contributed by atoms with Crippen molar-refractivity contribution in [1.82, 2.24) is 14.9 Å². The van der Waals surface area contributed by atoms with Crippen molar-refractivity contribution >= 4 is 16.1 Å². The smallest absolute Gasteiger partial charge is 0.315 e. The van der Waals surface area contributed by atoms with E-state index in [4.69, 9.17) is 0 Å². The molecule has 1 atom stereocenters. The van der Waals surface area contributed by atoms with Crippen molar-refractivity contribution in [2.45, 2.75) is 69.9 Å². The van der Waals surface area contributed by atoms with Gasteiger partial charge in [-0.3, -0.25) is 0 Å². The van der Waals surface area contributed by atoms with Gasteiger partial charge in [-0.05, 0) is 59.1 Å². The normalized spacial score (nSPS) is 19.2. The number of carbonyl (C=O) groups excluding carboxylic acids is 1. The highest BCUT2D eigenvalue weighted by atomic mass is 32.2. The van der Waals surface area contributed by atoms with E-state index < -0.39 is 10.0 Å². The van der Waals surface area contributed by atoms with Crippen LogP contribution < -0.4 is 10.6 Å². The first-order valence-corrected chi connectivity index (χ1v) is 10.7. The van der Waals surface area contributed by atoms with E-state index >= 15 is 0 Å². The Balaban J connectivity index is 2.01. The van der Waals surface area contributed by atoms with Crippen LogP contribution in [0.2, 0.25) is 0 Å². The molecule has 0 aliphatic carbocycles. The fraction of sp³-hybridized carbons (Fsp3) is 0.632. The Morgan fingerprint density at radius 2 is 1.85 bits per heavy atom. The number of carbonyl (C=O) groups is 1. The molecular weight excluding hydrogens is 350 g/mol. The van der Waals surface area contributed by atoms with Gasteiger partial charge >= 0.3 is 6.03 Å². The van der Waals surface area contributed by atoms with Crippen LogP contribution in [0.3, 0.4) is 0 Å². The maximum absolute atomic E-state index is 13.0. The number of urea groups is 1. The summed E-state index contributed by atoms with van der Waals surface area (Å²) in [6, 6.07) is 6.69. The van der Waals surface area contributed by atoms with Gasteiger partial charge in [0.1, 0.15) is 0 Å². The zero-order valence-electron chi connectivity index (χ0n) is 16.2. The average molecular weight is 382 g/mol. The van der Waals surface area contributed by atoms with E-state index in [-0.39, 0.29) is 17.6 Å². The summed E-state index contributed by atoms with van der Waals surface area (Å²) in [5.74, 6) is 0. The van der Waals surface area contributed by atoms with Crippen LogP contribution in [0.15, 0.2) is 29.2 Å². The second kappa shape index (κ2) is 8.39. The fourth-order valence-electron chi connectivity index (χ4n) is 3.16. The van der Waals surface area contributed by atoms with E-state index in [1.165, 1.54) is 0 Å². The summed E-state index contributed by atoms with van der Waals surface area (Å²) in [5.41, 5.74) is 0.739. The third-order valence-electron chi connectivity index (χ3n) is 4.45. The molecule has 2 N–H and O–H groups in total. The van der Waals surface area contributed by atoms with Crippen molar-refractivity contribution in [2.24, 2.45) is 0 Å².